The molecule has 0 rings (SSSR count). The number of esters is 2. The van der Waals surface area contributed by atoms with E-state index < -0.39 is 6.10 Å². The van der Waals surface area contributed by atoms with Gasteiger partial charge < -0.3 is 9.47 Å². The van der Waals surface area contributed by atoms with Gasteiger partial charge in [0.05, 0.1) is 0 Å². The van der Waals surface area contributed by atoms with E-state index in [4.69, 9.17) is 9.47 Å². The van der Waals surface area contributed by atoms with E-state index in [0.717, 1.165) is 44.9 Å². The Kier molecular flexibility index (Phi) is 35.2. The molecule has 5 heteroatoms. The largest absolute Gasteiger partial charge is 0.462 e. The minimum Gasteiger partial charge on any atom is -0.462 e. The second kappa shape index (κ2) is 36.2. The van der Waals surface area contributed by atoms with Gasteiger partial charge in [0.1, 0.15) is 12.7 Å². The Hall–Kier alpha value is -1.23. The Balaban J connectivity index is 3.58. The Morgan fingerprint density at radius 1 is 0.500 bits per heavy atom. The van der Waals surface area contributed by atoms with E-state index in [-0.39, 0.29) is 18.5 Å². The fraction of sp³-hybridized carbons (Fsp3) is 0.846. The Morgan fingerprint density at radius 3 is 1.23 bits per heavy atom. The Bertz CT molecular complexity index is 675. The molecule has 258 valence electrons. The van der Waals surface area contributed by atoms with Crippen molar-refractivity contribution < 1.29 is 19.1 Å². The average Bonchev–Trinajstić information content (AvgIpc) is 3.02. The van der Waals surface area contributed by atoms with Crippen LogP contribution in [0.5, 0.6) is 0 Å². The highest BCUT2D eigenvalue weighted by Crippen LogP contribution is 2.13. The summed E-state index contributed by atoms with van der Waals surface area (Å²) in [6.07, 6.45) is 41.9. The number of hydrogen-bond donors (Lipinski definition) is 1. The van der Waals surface area contributed by atoms with Crippen LogP contribution in [0.2, 0.25) is 0 Å². The number of carbonyl (C=O) groups is 2. The van der Waals surface area contributed by atoms with Crippen molar-refractivity contribution in [1.82, 2.24) is 0 Å². The molecule has 0 N–H and O–H groups in total. The molecular weight excluding hydrogens is 564 g/mol. The minimum absolute atomic E-state index is 0.103. The van der Waals surface area contributed by atoms with Gasteiger partial charge in [-0.15, -0.1) is 0 Å². The lowest BCUT2D eigenvalue weighted by molar-refractivity contribution is -0.157. The van der Waals surface area contributed by atoms with E-state index in [0.29, 0.717) is 18.6 Å². The van der Waals surface area contributed by atoms with Gasteiger partial charge >= 0.3 is 11.9 Å². The molecule has 44 heavy (non-hydrogen) atoms. The monoisotopic (exact) mass is 637 g/mol. The van der Waals surface area contributed by atoms with Crippen LogP contribution in [-0.2, 0) is 19.1 Å². The lowest BCUT2D eigenvalue weighted by atomic mass is 10.1. The number of unbranched alkanes of at least 4 members (excludes halogenated alkanes) is 22. The maximum Gasteiger partial charge on any atom is 0.306 e. The maximum atomic E-state index is 12.2. The number of ether oxygens (including phenoxy) is 2. The highest BCUT2D eigenvalue weighted by atomic mass is 32.1. The fourth-order valence-corrected chi connectivity index (χ4v) is 5.49. The topological polar surface area (TPSA) is 52.6 Å². The number of rotatable bonds is 34. The SMILES string of the molecule is CCCCCCCC/C=C\CCCCCCCC(=O)OCC(CS)OC(=O)CCCCCCC/C=C\CCCCCCCC. The van der Waals surface area contributed by atoms with Crippen molar-refractivity contribution >= 4 is 24.6 Å². The summed E-state index contributed by atoms with van der Waals surface area (Å²) in [5, 5.41) is 0. The molecule has 1 atom stereocenters. The Morgan fingerprint density at radius 2 is 0.841 bits per heavy atom. The summed E-state index contributed by atoms with van der Waals surface area (Å²) in [6, 6.07) is 0. The van der Waals surface area contributed by atoms with Crippen LogP contribution >= 0.6 is 12.6 Å². The smallest absolute Gasteiger partial charge is 0.306 e. The lowest BCUT2D eigenvalue weighted by Crippen LogP contribution is -2.26. The maximum absolute atomic E-state index is 12.2. The first-order valence-electron chi connectivity index (χ1n) is 18.9. The first kappa shape index (κ1) is 42.8. The third kappa shape index (κ3) is 33.7. The zero-order valence-electron chi connectivity index (χ0n) is 29.2. The van der Waals surface area contributed by atoms with E-state index in [1.54, 1.807) is 0 Å². The predicted molar refractivity (Wildman–Crippen MR) is 194 cm³/mol. The molecule has 0 heterocycles. The summed E-state index contributed by atoms with van der Waals surface area (Å²) in [7, 11) is 0. The minimum atomic E-state index is -0.466. The number of allylic oxidation sites excluding steroid dienone is 4. The summed E-state index contributed by atoms with van der Waals surface area (Å²) in [6.45, 7) is 4.63. The second-order valence-electron chi connectivity index (χ2n) is 12.6. The van der Waals surface area contributed by atoms with Gasteiger partial charge in [-0.1, -0.05) is 141 Å². The normalized spacial score (nSPS) is 12.3. The summed E-state index contributed by atoms with van der Waals surface area (Å²) in [4.78, 5) is 24.3. The van der Waals surface area contributed by atoms with Crippen LogP contribution in [0.3, 0.4) is 0 Å². The van der Waals surface area contributed by atoms with Crippen molar-refractivity contribution in [3.8, 4) is 0 Å². The lowest BCUT2D eigenvalue weighted by Gasteiger charge is -2.16. The number of thiol groups is 1. The first-order chi connectivity index (χ1) is 21.6. The molecule has 0 fully saturated rings. The second-order valence-corrected chi connectivity index (χ2v) is 13.0. The summed E-state index contributed by atoms with van der Waals surface area (Å²) in [5.74, 6) is -0.0589. The van der Waals surface area contributed by atoms with Crippen LogP contribution in [0.4, 0.5) is 0 Å². The summed E-state index contributed by atoms with van der Waals surface area (Å²) in [5.41, 5.74) is 0. The molecular formula is C39H72O4S. The van der Waals surface area contributed by atoms with Crippen LogP contribution in [0.1, 0.15) is 194 Å². The molecule has 0 saturated carbocycles. The molecule has 0 radical (unpaired) electrons. The van der Waals surface area contributed by atoms with Crippen molar-refractivity contribution in [2.75, 3.05) is 12.4 Å². The van der Waals surface area contributed by atoms with Crippen molar-refractivity contribution in [1.29, 1.82) is 0 Å². The van der Waals surface area contributed by atoms with E-state index >= 15 is 0 Å². The van der Waals surface area contributed by atoms with E-state index in [1.807, 2.05) is 0 Å². The molecule has 0 aliphatic rings. The van der Waals surface area contributed by atoms with E-state index in [9.17, 15) is 9.59 Å². The molecule has 0 aliphatic carbocycles. The standard InChI is InChI=1S/C39H72O4S/c1-3-5-7-9-11-13-15-17-19-21-23-25-27-29-31-33-38(40)42-35-37(36-44)43-39(41)34-32-30-28-26-24-22-20-18-16-14-12-10-8-6-4-2/h17-20,37,44H,3-16,21-36H2,1-2H3/b19-17-,20-18-. The zero-order chi connectivity index (χ0) is 32.2. The van der Waals surface area contributed by atoms with Crippen molar-refractivity contribution in [3.63, 3.8) is 0 Å². The van der Waals surface area contributed by atoms with Crippen molar-refractivity contribution in [2.45, 2.75) is 200 Å². The highest BCUT2D eigenvalue weighted by Gasteiger charge is 2.15. The average molecular weight is 637 g/mol. The number of carbonyl (C=O) groups excluding carboxylic acids is 2. The third-order valence-corrected chi connectivity index (χ3v) is 8.62. The summed E-state index contributed by atoms with van der Waals surface area (Å²) >= 11 is 4.28. The van der Waals surface area contributed by atoms with Gasteiger partial charge in [0.2, 0.25) is 0 Å². The molecule has 0 saturated heterocycles. The quantitative estimate of drug-likeness (QED) is 0.0330. The Labute approximate surface area is 279 Å². The molecule has 0 amide bonds. The van der Waals surface area contributed by atoms with Crippen molar-refractivity contribution in [3.05, 3.63) is 24.3 Å². The van der Waals surface area contributed by atoms with Crippen LogP contribution in [0, 0.1) is 0 Å². The molecule has 0 aliphatic heterocycles. The van der Waals surface area contributed by atoms with Gasteiger partial charge in [0, 0.05) is 18.6 Å². The van der Waals surface area contributed by atoms with Gasteiger partial charge in [-0.3, -0.25) is 9.59 Å². The van der Waals surface area contributed by atoms with Gasteiger partial charge in [0.25, 0.3) is 0 Å². The van der Waals surface area contributed by atoms with Gasteiger partial charge in [-0.25, -0.2) is 0 Å². The van der Waals surface area contributed by atoms with Gasteiger partial charge in [-0.05, 0) is 64.2 Å². The summed E-state index contributed by atoms with van der Waals surface area (Å²) < 4.78 is 10.9. The molecule has 0 aromatic carbocycles. The molecule has 0 aromatic heterocycles. The van der Waals surface area contributed by atoms with Crippen LogP contribution in [0.15, 0.2) is 24.3 Å². The molecule has 0 aromatic rings. The van der Waals surface area contributed by atoms with E-state index in [2.05, 4.69) is 50.8 Å². The molecule has 4 nitrogen and oxygen atoms in total. The highest BCUT2D eigenvalue weighted by molar-refractivity contribution is 7.80. The third-order valence-electron chi connectivity index (χ3n) is 8.22. The molecule has 1 unspecified atom stereocenters. The zero-order valence-corrected chi connectivity index (χ0v) is 30.1. The predicted octanol–water partition coefficient (Wildman–Crippen LogP) is 12.4. The molecule has 0 spiro atoms. The van der Waals surface area contributed by atoms with Crippen LogP contribution < -0.4 is 0 Å². The fourth-order valence-electron chi connectivity index (χ4n) is 5.31. The van der Waals surface area contributed by atoms with Gasteiger partial charge in [-0.2, -0.15) is 12.6 Å². The van der Waals surface area contributed by atoms with Crippen LogP contribution in [-0.4, -0.2) is 30.4 Å². The van der Waals surface area contributed by atoms with Crippen LogP contribution in [0.25, 0.3) is 0 Å². The van der Waals surface area contributed by atoms with Gasteiger partial charge in [0.15, 0.2) is 0 Å². The van der Waals surface area contributed by atoms with Crippen molar-refractivity contribution in [2.24, 2.45) is 0 Å². The first-order valence-corrected chi connectivity index (χ1v) is 19.5. The van der Waals surface area contributed by atoms with E-state index in [1.165, 1.54) is 122 Å². The number of hydrogen-bond acceptors (Lipinski definition) is 5. The molecule has 0 bridgehead atoms.